The van der Waals surface area contributed by atoms with Crippen LogP contribution in [0.1, 0.15) is 22.3 Å². The topological polar surface area (TPSA) is 53.9 Å². The van der Waals surface area contributed by atoms with E-state index >= 15 is 0 Å². The number of benzene rings is 8. The first-order valence-corrected chi connectivity index (χ1v) is 19.1. The van der Waals surface area contributed by atoms with Crippen molar-refractivity contribution in [3.63, 3.8) is 0 Å². The summed E-state index contributed by atoms with van der Waals surface area (Å²) in [4.78, 5) is 0. The molecule has 4 nitrogen and oxygen atoms in total. The van der Waals surface area contributed by atoms with Gasteiger partial charge in [-0.05, 0) is 96.1 Å². The first-order valence-electron chi connectivity index (χ1n) is 19.1. The zero-order valence-corrected chi connectivity index (χ0v) is 31.7. The molecule has 0 amide bonds. The smallest absolute Gasteiger partial charge is 0.225 e. The van der Waals surface area contributed by atoms with E-state index in [1.807, 2.05) is 48.5 Å². The largest absolute Gasteiger partial charge is 0.618 e. The summed E-state index contributed by atoms with van der Waals surface area (Å²) in [6, 6.07) is 54.3. The fraction of sp³-hybridized carbons (Fsp3) is 0.0769. The van der Waals surface area contributed by atoms with Crippen LogP contribution in [0.3, 0.4) is 0 Å². The van der Waals surface area contributed by atoms with Crippen LogP contribution >= 0.6 is 0 Å². The summed E-state index contributed by atoms with van der Waals surface area (Å²) in [6.07, 6.45) is 0. The standard InChI is InChI=1S/C52H38N2O2/c1-31-23-32(2)26-38(25-31)36-19-21-42-48(29-36)53(55)46-17-7-5-13-40(46)51(42)44-15-9-11-35-12-10-16-45(50(35)44)52-41-14-6-8-18-47(41)54(56)49-30-37(20-22-43(49)52)39-27-33(3)24-34(4)28-39/h5-30H,1-4H3. The Hall–Kier alpha value is -7.04. The second kappa shape index (κ2) is 12.8. The highest BCUT2D eigenvalue weighted by atomic mass is 16.5. The summed E-state index contributed by atoms with van der Waals surface area (Å²) >= 11 is 0. The van der Waals surface area contributed by atoms with Crippen molar-refractivity contribution in [1.29, 1.82) is 0 Å². The third-order valence-electron chi connectivity index (χ3n) is 11.3. The third-order valence-corrected chi connectivity index (χ3v) is 11.3. The normalized spacial score (nSPS) is 11.7. The van der Waals surface area contributed by atoms with Gasteiger partial charge >= 0.3 is 0 Å². The van der Waals surface area contributed by atoms with Gasteiger partial charge in [0.25, 0.3) is 0 Å². The van der Waals surface area contributed by atoms with E-state index in [4.69, 9.17) is 0 Å². The lowest BCUT2D eigenvalue weighted by Crippen LogP contribution is -2.28. The van der Waals surface area contributed by atoms with Gasteiger partial charge in [0, 0.05) is 35.4 Å². The Morgan fingerprint density at radius 3 is 1.16 bits per heavy atom. The number of para-hydroxylation sites is 2. The third kappa shape index (κ3) is 5.29. The maximum absolute atomic E-state index is 14.3. The molecular weight excluding hydrogens is 685 g/mol. The van der Waals surface area contributed by atoms with Gasteiger partial charge in [0.05, 0.1) is 21.5 Å². The van der Waals surface area contributed by atoms with Gasteiger partial charge in [-0.2, -0.15) is 9.46 Å². The summed E-state index contributed by atoms with van der Waals surface area (Å²) in [5.41, 5.74) is 15.5. The zero-order chi connectivity index (χ0) is 38.2. The molecule has 4 heteroatoms. The Morgan fingerprint density at radius 1 is 0.339 bits per heavy atom. The van der Waals surface area contributed by atoms with E-state index in [2.05, 4.69) is 137 Å². The van der Waals surface area contributed by atoms with E-state index in [1.54, 1.807) is 0 Å². The second-order valence-corrected chi connectivity index (χ2v) is 15.3. The summed E-state index contributed by atoms with van der Waals surface area (Å²) in [5.74, 6) is 0. The van der Waals surface area contributed by atoms with Crippen molar-refractivity contribution in [2.45, 2.75) is 27.7 Å². The van der Waals surface area contributed by atoms with E-state index in [1.165, 1.54) is 22.3 Å². The zero-order valence-electron chi connectivity index (χ0n) is 31.7. The predicted molar refractivity (Wildman–Crippen MR) is 233 cm³/mol. The molecule has 268 valence electrons. The predicted octanol–water partition coefficient (Wildman–Crippen LogP) is 12.6. The fourth-order valence-corrected chi connectivity index (χ4v) is 9.08. The number of rotatable bonds is 4. The van der Waals surface area contributed by atoms with Gasteiger partial charge in [0.15, 0.2) is 0 Å². The van der Waals surface area contributed by atoms with Crippen LogP contribution in [0.4, 0.5) is 0 Å². The molecule has 2 heterocycles. The molecule has 0 unspecified atom stereocenters. The Kier molecular flexibility index (Phi) is 7.65. The molecule has 2 aromatic heterocycles. The second-order valence-electron chi connectivity index (χ2n) is 15.3. The Bertz CT molecular complexity index is 3020. The number of aromatic nitrogens is 2. The molecular formula is C52H38N2O2. The minimum Gasteiger partial charge on any atom is -0.618 e. The Morgan fingerprint density at radius 2 is 0.732 bits per heavy atom. The van der Waals surface area contributed by atoms with Gasteiger partial charge in [0.1, 0.15) is 0 Å². The van der Waals surface area contributed by atoms with Gasteiger partial charge < -0.3 is 10.4 Å². The van der Waals surface area contributed by atoms with Crippen LogP contribution in [0.15, 0.2) is 158 Å². The van der Waals surface area contributed by atoms with Crippen molar-refractivity contribution in [2.75, 3.05) is 0 Å². The van der Waals surface area contributed by atoms with Crippen molar-refractivity contribution < 1.29 is 9.46 Å². The number of fused-ring (bicyclic) bond motifs is 5. The molecule has 8 aromatic carbocycles. The maximum Gasteiger partial charge on any atom is 0.225 e. The molecule has 0 spiro atoms. The highest BCUT2D eigenvalue weighted by Crippen LogP contribution is 2.45. The molecule has 0 saturated carbocycles. The van der Waals surface area contributed by atoms with Crippen molar-refractivity contribution in [3.8, 4) is 44.5 Å². The van der Waals surface area contributed by atoms with Crippen LogP contribution in [0, 0.1) is 38.1 Å². The molecule has 0 atom stereocenters. The number of pyridine rings is 2. The molecule has 10 aromatic rings. The Balaban J connectivity index is 1.30. The highest BCUT2D eigenvalue weighted by molar-refractivity contribution is 6.20. The summed E-state index contributed by atoms with van der Waals surface area (Å²) in [7, 11) is 0. The molecule has 0 saturated heterocycles. The lowest BCUT2D eigenvalue weighted by molar-refractivity contribution is -0.548. The minimum absolute atomic E-state index is 0.615. The average molecular weight is 723 g/mol. The molecule has 0 bridgehead atoms. The van der Waals surface area contributed by atoms with Crippen molar-refractivity contribution >= 4 is 54.4 Å². The molecule has 56 heavy (non-hydrogen) atoms. The van der Waals surface area contributed by atoms with Crippen molar-refractivity contribution in [1.82, 2.24) is 0 Å². The SMILES string of the molecule is Cc1cc(C)cc(-c2ccc3c(-c4cccc5cccc(-c6c7ccccc7[n+]([O-])c7cc(-c8cc(C)cc(C)c8)ccc67)c45)c4ccccc4[n+]([O-])c3c2)c1. The molecule has 0 aliphatic rings. The number of hydrogen-bond acceptors (Lipinski definition) is 2. The number of aryl methyl sites for hydroxylation is 4. The van der Waals surface area contributed by atoms with E-state index in [0.717, 1.165) is 86.3 Å². The molecule has 0 aliphatic carbocycles. The van der Waals surface area contributed by atoms with Crippen LogP contribution in [0.5, 0.6) is 0 Å². The minimum atomic E-state index is 0.615. The van der Waals surface area contributed by atoms with Crippen LogP contribution in [-0.2, 0) is 0 Å². The maximum atomic E-state index is 14.3. The van der Waals surface area contributed by atoms with Gasteiger partial charge in [-0.3, -0.25) is 0 Å². The first-order chi connectivity index (χ1) is 27.2. The molecule has 10 rings (SSSR count). The molecule has 0 N–H and O–H groups in total. The van der Waals surface area contributed by atoms with Crippen LogP contribution in [-0.4, -0.2) is 0 Å². The van der Waals surface area contributed by atoms with E-state index in [9.17, 15) is 10.4 Å². The van der Waals surface area contributed by atoms with Gasteiger partial charge in [-0.15, -0.1) is 0 Å². The summed E-state index contributed by atoms with van der Waals surface area (Å²) in [6.45, 7) is 8.42. The van der Waals surface area contributed by atoms with E-state index in [-0.39, 0.29) is 0 Å². The van der Waals surface area contributed by atoms with Crippen molar-refractivity contribution in [3.05, 3.63) is 190 Å². The van der Waals surface area contributed by atoms with Crippen LogP contribution in [0.25, 0.3) is 98.9 Å². The highest BCUT2D eigenvalue weighted by Gasteiger charge is 2.25. The van der Waals surface area contributed by atoms with Crippen LogP contribution in [0.2, 0.25) is 0 Å². The monoisotopic (exact) mass is 722 g/mol. The first kappa shape index (κ1) is 33.5. The number of hydrogen-bond donors (Lipinski definition) is 0. The lowest BCUT2D eigenvalue weighted by atomic mass is 9.86. The van der Waals surface area contributed by atoms with E-state index < -0.39 is 0 Å². The summed E-state index contributed by atoms with van der Waals surface area (Å²) in [5, 5.41) is 34.3. The molecule has 0 aliphatic heterocycles. The Labute approximate surface area is 325 Å². The quantitative estimate of drug-likeness (QED) is 0.103. The van der Waals surface area contributed by atoms with Crippen LogP contribution < -0.4 is 9.46 Å². The van der Waals surface area contributed by atoms with Gasteiger partial charge in [0.2, 0.25) is 22.1 Å². The lowest BCUT2D eigenvalue weighted by Gasteiger charge is -2.19. The molecule has 0 fully saturated rings. The average Bonchev–Trinajstić information content (AvgIpc) is 3.20. The van der Waals surface area contributed by atoms with E-state index in [0.29, 0.717) is 22.1 Å². The van der Waals surface area contributed by atoms with Gasteiger partial charge in [-0.1, -0.05) is 131 Å². The fourth-order valence-electron chi connectivity index (χ4n) is 9.08. The van der Waals surface area contributed by atoms with Gasteiger partial charge in [-0.25, -0.2) is 0 Å². The number of nitrogens with zero attached hydrogens (tertiary/aromatic N) is 2. The molecule has 0 radical (unpaired) electrons. The van der Waals surface area contributed by atoms with Crippen molar-refractivity contribution in [2.24, 2.45) is 0 Å². The summed E-state index contributed by atoms with van der Waals surface area (Å²) < 4.78 is 2.18.